The maximum absolute atomic E-state index is 13.6. The molecule has 0 radical (unpaired) electrons. The van der Waals surface area contributed by atoms with E-state index in [9.17, 15) is 14.7 Å². The Morgan fingerprint density at radius 2 is 1.67 bits per heavy atom. The van der Waals surface area contributed by atoms with E-state index in [0.717, 1.165) is 28.6 Å². The lowest BCUT2D eigenvalue weighted by Crippen LogP contribution is -2.29. The van der Waals surface area contributed by atoms with Crippen molar-refractivity contribution in [2.75, 3.05) is 18.1 Å². The molecule has 200 valence electrons. The number of fused-ring (bicyclic) bond motifs is 1. The molecule has 1 aliphatic heterocycles. The number of hydrogen-bond acceptors (Lipinski definition) is 7. The summed E-state index contributed by atoms with van der Waals surface area (Å²) in [7, 11) is 0. The summed E-state index contributed by atoms with van der Waals surface area (Å²) in [6.45, 7) is 7.15. The summed E-state index contributed by atoms with van der Waals surface area (Å²) in [5, 5.41) is 11.8. The molecule has 1 amide bonds. The second-order valence-corrected chi connectivity index (χ2v) is 10.4. The fraction of sp³-hybridized carbons (Fsp3) is 0.258. The van der Waals surface area contributed by atoms with Crippen LogP contribution in [0.15, 0.2) is 72.3 Å². The molecule has 0 bridgehead atoms. The first kappa shape index (κ1) is 26.4. The lowest BCUT2D eigenvalue weighted by molar-refractivity contribution is -0.132. The van der Waals surface area contributed by atoms with E-state index in [-0.39, 0.29) is 11.3 Å². The van der Waals surface area contributed by atoms with E-state index in [2.05, 4.69) is 0 Å². The van der Waals surface area contributed by atoms with Crippen LogP contribution < -0.4 is 14.4 Å². The minimum Gasteiger partial charge on any atom is -0.507 e. The number of Topliss-reactive ketones (excluding diaryl/α,β-unsaturated/α-hetero) is 1. The molecule has 8 heteroatoms. The van der Waals surface area contributed by atoms with Gasteiger partial charge in [-0.3, -0.25) is 14.5 Å². The molecule has 7 nitrogen and oxygen atoms in total. The van der Waals surface area contributed by atoms with Crippen LogP contribution in [0.1, 0.15) is 49.4 Å². The number of ketones is 1. The highest BCUT2D eigenvalue weighted by Crippen LogP contribution is 2.45. The predicted molar refractivity (Wildman–Crippen MR) is 154 cm³/mol. The molecule has 0 aliphatic carbocycles. The predicted octanol–water partition coefficient (Wildman–Crippen LogP) is 6.81. The fourth-order valence-corrected chi connectivity index (χ4v) is 5.64. The first-order chi connectivity index (χ1) is 18.9. The first-order valence-electron chi connectivity index (χ1n) is 13.1. The smallest absolute Gasteiger partial charge is 0.301 e. The average Bonchev–Trinajstić information content (AvgIpc) is 3.48. The van der Waals surface area contributed by atoms with Crippen molar-refractivity contribution >= 4 is 44.1 Å². The van der Waals surface area contributed by atoms with Gasteiger partial charge in [0.2, 0.25) is 0 Å². The van der Waals surface area contributed by atoms with Crippen molar-refractivity contribution in [3.8, 4) is 11.5 Å². The van der Waals surface area contributed by atoms with Crippen LogP contribution in [0.3, 0.4) is 0 Å². The van der Waals surface area contributed by atoms with E-state index in [1.807, 2.05) is 63.2 Å². The van der Waals surface area contributed by atoms with Crippen molar-refractivity contribution in [3.05, 3.63) is 89.0 Å². The zero-order valence-electron chi connectivity index (χ0n) is 22.1. The number of ether oxygens (including phenoxy) is 2. The lowest BCUT2D eigenvalue weighted by atomic mass is 9.95. The van der Waals surface area contributed by atoms with Gasteiger partial charge in [-0.2, -0.15) is 0 Å². The molecule has 4 aromatic rings. The number of nitrogens with zero attached hydrogens (tertiary/aromatic N) is 2. The van der Waals surface area contributed by atoms with Crippen LogP contribution in [0.4, 0.5) is 5.13 Å². The van der Waals surface area contributed by atoms with Gasteiger partial charge in [0, 0.05) is 5.56 Å². The molecule has 1 aromatic heterocycles. The summed E-state index contributed by atoms with van der Waals surface area (Å²) >= 11 is 1.34. The molecule has 5 rings (SSSR count). The number of aliphatic hydroxyl groups is 1. The summed E-state index contributed by atoms with van der Waals surface area (Å²) < 4.78 is 12.4. The number of thiazole rings is 1. The van der Waals surface area contributed by atoms with Crippen LogP contribution in [0.5, 0.6) is 11.5 Å². The van der Waals surface area contributed by atoms with Gasteiger partial charge in [0.15, 0.2) is 5.13 Å². The van der Waals surface area contributed by atoms with Gasteiger partial charge < -0.3 is 14.6 Å². The molecule has 1 fully saturated rings. The number of carbonyl (C=O) groups excluding carboxylic acids is 2. The molecule has 0 spiro atoms. The van der Waals surface area contributed by atoms with Gasteiger partial charge >= 0.3 is 5.91 Å². The number of aryl methyl sites for hydroxylation is 1. The minimum absolute atomic E-state index is 0.00491. The van der Waals surface area contributed by atoms with Crippen molar-refractivity contribution in [1.82, 2.24) is 4.98 Å². The number of benzene rings is 3. The Hall–Kier alpha value is -4.17. The van der Waals surface area contributed by atoms with Gasteiger partial charge in [-0.15, -0.1) is 0 Å². The van der Waals surface area contributed by atoms with Crippen LogP contribution in [0, 0.1) is 6.92 Å². The zero-order valence-corrected chi connectivity index (χ0v) is 23.0. The second-order valence-electron chi connectivity index (χ2n) is 9.43. The summed E-state index contributed by atoms with van der Waals surface area (Å²) in [4.78, 5) is 33.2. The van der Waals surface area contributed by atoms with E-state index in [1.165, 1.54) is 16.2 Å². The third-order valence-electron chi connectivity index (χ3n) is 6.43. The number of carbonyl (C=O) groups is 2. The van der Waals surface area contributed by atoms with Crippen LogP contribution in [-0.2, 0) is 9.59 Å². The number of rotatable bonds is 9. The standard InChI is InChI=1S/C31H30N2O5S/c1-4-15-37-22-12-10-20(11-13-22)28(34)26-27(21-7-6-8-23(18-21)38-16-5-2)33(30(36)29(26)35)31-32-24-14-9-19(3)17-25(24)39-31/h6-14,17-18,27,34H,4-5,15-16H2,1-3H3. The molecule has 3 aromatic carbocycles. The number of aromatic nitrogens is 1. The third-order valence-corrected chi connectivity index (χ3v) is 7.45. The largest absolute Gasteiger partial charge is 0.507 e. The maximum atomic E-state index is 13.6. The normalized spacial score (nSPS) is 16.7. The van der Waals surface area contributed by atoms with Crippen molar-refractivity contribution in [2.24, 2.45) is 0 Å². The summed E-state index contributed by atoms with van der Waals surface area (Å²) in [6.07, 6.45) is 1.71. The summed E-state index contributed by atoms with van der Waals surface area (Å²) in [6, 6.07) is 19.1. The SMILES string of the molecule is CCCOc1ccc(C(O)=C2C(=O)C(=O)N(c3nc4ccc(C)cc4s3)C2c2cccc(OCCC)c2)cc1. The van der Waals surface area contributed by atoms with E-state index >= 15 is 0 Å². The number of amides is 1. The van der Waals surface area contributed by atoms with Crippen molar-refractivity contribution in [3.63, 3.8) is 0 Å². The fourth-order valence-electron chi connectivity index (χ4n) is 4.55. The molecule has 2 heterocycles. The summed E-state index contributed by atoms with van der Waals surface area (Å²) in [5.41, 5.74) is 2.88. The summed E-state index contributed by atoms with van der Waals surface area (Å²) in [5.74, 6) is -0.466. The Morgan fingerprint density at radius 1 is 0.949 bits per heavy atom. The van der Waals surface area contributed by atoms with Crippen molar-refractivity contribution in [2.45, 2.75) is 39.7 Å². The number of hydrogen-bond donors (Lipinski definition) is 1. The minimum atomic E-state index is -0.882. The second kappa shape index (κ2) is 11.3. The third kappa shape index (κ3) is 5.25. The molecule has 1 atom stereocenters. The Kier molecular flexibility index (Phi) is 7.65. The Morgan fingerprint density at radius 3 is 2.38 bits per heavy atom. The van der Waals surface area contributed by atoms with E-state index in [1.54, 1.807) is 24.3 Å². The van der Waals surface area contributed by atoms with E-state index in [0.29, 0.717) is 41.0 Å². The Balaban J connectivity index is 1.65. The van der Waals surface area contributed by atoms with Gasteiger partial charge in [-0.25, -0.2) is 4.98 Å². The van der Waals surface area contributed by atoms with Gasteiger partial charge in [0.05, 0.1) is 35.0 Å². The Labute approximate surface area is 231 Å². The van der Waals surface area contributed by atoms with Gasteiger partial charge in [-0.05, 0) is 79.4 Å². The van der Waals surface area contributed by atoms with Crippen LogP contribution in [-0.4, -0.2) is 35.0 Å². The number of aliphatic hydroxyl groups excluding tert-OH is 1. The average molecular weight is 543 g/mol. The molecule has 1 saturated heterocycles. The van der Waals surface area contributed by atoms with Crippen molar-refractivity contribution in [1.29, 1.82) is 0 Å². The number of anilines is 1. The lowest BCUT2D eigenvalue weighted by Gasteiger charge is -2.23. The zero-order chi connectivity index (χ0) is 27.5. The highest BCUT2D eigenvalue weighted by molar-refractivity contribution is 7.22. The molecule has 1 N–H and O–H groups in total. The topological polar surface area (TPSA) is 89.0 Å². The quantitative estimate of drug-likeness (QED) is 0.142. The highest BCUT2D eigenvalue weighted by atomic mass is 32.1. The molecule has 1 unspecified atom stereocenters. The molecule has 1 aliphatic rings. The van der Waals surface area contributed by atoms with Crippen LogP contribution in [0.2, 0.25) is 0 Å². The van der Waals surface area contributed by atoms with Crippen LogP contribution in [0.25, 0.3) is 16.0 Å². The van der Waals surface area contributed by atoms with Gasteiger partial charge in [0.25, 0.3) is 5.78 Å². The van der Waals surface area contributed by atoms with Crippen LogP contribution >= 0.6 is 11.3 Å². The Bertz CT molecular complexity index is 1560. The molecule has 0 saturated carbocycles. The monoisotopic (exact) mass is 542 g/mol. The molecule has 39 heavy (non-hydrogen) atoms. The first-order valence-corrected chi connectivity index (χ1v) is 13.9. The van der Waals surface area contributed by atoms with Gasteiger partial charge in [0.1, 0.15) is 17.3 Å². The van der Waals surface area contributed by atoms with E-state index < -0.39 is 17.7 Å². The van der Waals surface area contributed by atoms with Crippen molar-refractivity contribution < 1.29 is 24.2 Å². The maximum Gasteiger partial charge on any atom is 0.301 e. The molecular weight excluding hydrogens is 512 g/mol. The van der Waals surface area contributed by atoms with Gasteiger partial charge in [-0.1, -0.05) is 43.4 Å². The molecular formula is C31H30N2O5S. The highest BCUT2D eigenvalue weighted by Gasteiger charge is 2.48. The van der Waals surface area contributed by atoms with E-state index in [4.69, 9.17) is 14.5 Å².